The normalized spacial score (nSPS) is 28.9. The number of carbonyl (C=O) groups is 1. The van der Waals surface area contributed by atoms with Crippen LogP contribution in [-0.4, -0.2) is 61.9 Å². The highest BCUT2D eigenvalue weighted by Gasteiger charge is 2.65. The van der Waals surface area contributed by atoms with Crippen molar-refractivity contribution < 1.29 is 22.0 Å². The van der Waals surface area contributed by atoms with Crippen molar-refractivity contribution in [2.75, 3.05) is 32.4 Å². The molecule has 2 heterocycles. The fourth-order valence-corrected chi connectivity index (χ4v) is 5.05. The Morgan fingerprint density at radius 1 is 1.09 bits per heavy atom. The van der Waals surface area contributed by atoms with Gasteiger partial charge in [0, 0.05) is 44.4 Å². The molecule has 3 aliphatic rings. The van der Waals surface area contributed by atoms with Gasteiger partial charge in [0.05, 0.1) is 11.7 Å². The standard InChI is InChI=1S/C14H22F2N2O3S/c1-10(2)13(4-14(15,16)5-13)11(19)17-6-12(7-17)8-18(9-12)22(3,20)21/h10H,4-9H2,1-3H3. The Bertz CT molecular complexity index is 596. The predicted molar refractivity (Wildman–Crippen MR) is 76.9 cm³/mol. The van der Waals surface area contributed by atoms with Gasteiger partial charge in [-0.05, 0) is 5.92 Å². The number of sulfonamides is 1. The van der Waals surface area contributed by atoms with Crippen LogP contribution in [0, 0.1) is 16.7 Å². The molecule has 0 unspecified atom stereocenters. The maximum Gasteiger partial charge on any atom is 0.250 e. The SMILES string of the molecule is CC(C)C1(C(=O)N2CC3(C2)CN(S(C)(=O)=O)C3)CC(F)(F)C1. The van der Waals surface area contributed by atoms with Crippen molar-refractivity contribution in [1.29, 1.82) is 0 Å². The van der Waals surface area contributed by atoms with Crippen LogP contribution >= 0.6 is 0 Å². The van der Waals surface area contributed by atoms with E-state index in [4.69, 9.17) is 0 Å². The number of alkyl halides is 2. The van der Waals surface area contributed by atoms with Crippen molar-refractivity contribution in [3.05, 3.63) is 0 Å². The number of amides is 1. The molecular weight excluding hydrogens is 314 g/mol. The van der Waals surface area contributed by atoms with E-state index in [1.807, 2.05) is 13.8 Å². The Balaban J connectivity index is 1.61. The van der Waals surface area contributed by atoms with Crippen molar-refractivity contribution in [3.8, 4) is 0 Å². The number of carbonyl (C=O) groups excluding carboxylic acids is 1. The van der Waals surface area contributed by atoms with Gasteiger partial charge in [-0.2, -0.15) is 0 Å². The van der Waals surface area contributed by atoms with E-state index in [0.29, 0.717) is 26.2 Å². The number of halogens is 2. The molecule has 22 heavy (non-hydrogen) atoms. The third kappa shape index (κ3) is 2.26. The molecule has 0 N–H and O–H groups in total. The fraction of sp³-hybridized carbons (Fsp3) is 0.929. The first-order valence-corrected chi connectivity index (χ1v) is 9.36. The van der Waals surface area contributed by atoms with E-state index in [0.717, 1.165) is 0 Å². The minimum atomic E-state index is -3.17. The van der Waals surface area contributed by atoms with Gasteiger partial charge < -0.3 is 4.90 Å². The van der Waals surface area contributed by atoms with Crippen LogP contribution in [0.2, 0.25) is 0 Å². The molecule has 0 atom stereocenters. The van der Waals surface area contributed by atoms with Crippen LogP contribution in [0.25, 0.3) is 0 Å². The lowest BCUT2D eigenvalue weighted by Crippen LogP contribution is -2.75. The van der Waals surface area contributed by atoms with Crippen LogP contribution in [-0.2, 0) is 14.8 Å². The van der Waals surface area contributed by atoms with Gasteiger partial charge in [-0.25, -0.2) is 21.5 Å². The molecule has 0 radical (unpaired) electrons. The van der Waals surface area contributed by atoms with E-state index in [1.165, 1.54) is 10.6 Å². The van der Waals surface area contributed by atoms with E-state index in [-0.39, 0.29) is 30.1 Å². The third-order valence-electron chi connectivity index (χ3n) is 5.51. The zero-order valence-corrected chi connectivity index (χ0v) is 13.9. The average Bonchev–Trinajstić information content (AvgIpc) is 2.18. The molecule has 0 aromatic heterocycles. The lowest BCUT2D eigenvalue weighted by molar-refractivity contribution is -0.209. The zero-order valence-electron chi connectivity index (χ0n) is 13.1. The molecule has 8 heteroatoms. The smallest absolute Gasteiger partial charge is 0.250 e. The minimum absolute atomic E-state index is 0.120. The highest BCUT2D eigenvalue weighted by Crippen LogP contribution is 2.58. The first kappa shape index (κ1) is 16.1. The molecule has 2 aliphatic heterocycles. The molecule has 0 bridgehead atoms. The summed E-state index contributed by atoms with van der Waals surface area (Å²) in [4.78, 5) is 14.3. The summed E-state index contributed by atoms with van der Waals surface area (Å²) in [6, 6.07) is 0. The monoisotopic (exact) mass is 336 g/mol. The van der Waals surface area contributed by atoms with Crippen molar-refractivity contribution in [2.45, 2.75) is 32.6 Å². The maximum absolute atomic E-state index is 13.3. The molecule has 1 amide bonds. The Labute approximate surface area is 129 Å². The number of likely N-dealkylation sites (tertiary alicyclic amines) is 1. The molecule has 2 saturated heterocycles. The first-order valence-electron chi connectivity index (χ1n) is 7.52. The van der Waals surface area contributed by atoms with E-state index in [9.17, 15) is 22.0 Å². The summed E-state index contributed by atoms with van der Waals surface area (Å²) in [5.41, 5.74) is -1.09. The van der Waals surface area contributed by atoms with Crippen LogP contribution in [0.3, 0.4) is 0 Å². The lowest BCUT2D eigenvalue weighted by atomic mass is 9.58. The molecule has 3 rings (SSSR count). The van der Waals surface area contributed by atoms with Gasteiger partial charge in [-0.3, -0.25) is 4.79 Å². The highest BCUT2D eigenvalue weighted by molar-refractivity contribution is 7.88. The Hall–Kier alpha value is -0.760. The van der Waals surface area contributed by atoms with Gasteiger partial charge in [0.1, 0.15) is 0 Å². The van der Waals surface area contributed by atoms with Crippen LogP contribution in [0.5, 0.6) is 0 Å². The summed E-state index contributed by atoms with van der Waals surface area (Å²) >= 11 is 0. The van der Waals surface area contributed by atoms with Crippen LogP contribution in [0.15, 0.2) is 0 Å². The topological polar surface area (TPSA) is 57.7 Å². The molecule has 1 saturated carbocycles. The van der Waals surface area contributed by atoms with Gasteiger partial charge >= 0.3 is 0 Å². The predicted octanol–water partition coefficient (Wildman–Crippen LogP) is 1.16. The largest absolute Gasteiger partial charge is 0.341 e. The second kappa shape index (κ2) is 4.41. The third-order valence-corrected chi connectivity index (χ3v) is 6.71. The van der Waals surface area contributed by atoms with E-state index in [2.05, 4.69) is 0 Å². The van der Waals surface area contributed by atoms with Gasteiger partial charge in [0.25, 0.3) is 0 Å². The molecular formula is C14H22F2N2O3S. The molecule has 3 fully saturated rings. The van der Waals surface area contributed by atoms with Crippen molar-refractivity contribution in [3.63, 3.8) is 0 Å². The van der Waals surface area contributed by atoms with Crippen molar-refractivity contribution in [2.24, 2.45) is 16.7 Å². The summed E-state index contributed by atoms with van der Waals surface area (Å²) in [6.45, 7) is 5.46. The summed E-state index contributed by atoms with van der Waals surface area (Å²) in [6.07, 6.45) is 0.441. The molecule has 5 nitrogen and oxygen atoms in total. The van der Waals surface area contributed by atoms with E-state index in [1.54, 1.807) is 4.90 Å². The summed E-state index contributed by atoms with van der Waals surface area (Å²) in [5.74, 6) is -3.03. The Morgan fingerprint density at radius 2 is 1.59 bits per heavy atom. The van der Waals surface area contributed by atoms with Crippen LogP contribution < -0.4 is 0 Å². The maximum atomic E-state index is 13.3. The Kier molecular flexibility index (Phi) is 3.23. The number of nitrogens with zero attached hydrogens (tertiary/aromatic N) is 2. The van der Waals surface area contributed by atoms with Crippen LogP contribution in [0.4, 0.5) is 8.78 Å². The fourth-order valence-electron chi connectivity index (χ4n) is 4.04. The van der Waals surface area contributed by atoms with E-state index < -0.39 is 21.4 Å². The Morgan fingerprint density at radius 3 is 1.95 bits per heavy atom. The van der Waals surface area contributed by atoms with Crippen molar-refractivity contribution >= 4 is 15.9 Å². The summed E-state index contributed by atoms with van der Waals surface area (Å²) < 4.78 is 50.8. The molecule has 0 aromatic carbocycles. The van der Waals surface area contributed by atoms with Crippen LogP contribution in [0.1, 0.15) is 26.7 Å². The van der Waals surface area contributed by atoms with Gasteiger partial charge in [-0.1, -0.05) is 13.8 Å². The molecule has 126 valence electrons. The minimum Gasteiger partial charge on any atom is -0.341 e. The van der Waals surface area contributed by atoms with Crippen molar-refractivity contribution in [1.82, 2.24) is 9.21 Å². The van der Waals surface area contributed by atoms with Gasteiger partial charge in [0.2, 0.25) is 21.9 Å². The molecule has 1 spiro atoms. The lowest BCUT2D eigenvalue weighted by Gasteiger charge is -2.62. The number of hydrogen-bond acceptors (Lipinski definition) is 3. The molecule has 1 aliphatic carbocycles. The first-order chi connectivity index (χ1) is 9.89. The quantitative estimate of drug-likeness (QED) is 0.777. The van der Waals surface area contributed by atoms with Gasteiger partial charge in [0.15, 0.2) is 0 Å². The molecule has 0 aromatic rings. The average molecular weight is 336 g/mol. The zero-order chi connectivity index (χ0) is 16.6. The summed E-state index contributed by atoms with van der Waals surface area (Å²) in [7, 11) is -3.17. The summed E-state index contributed by atoms with van der Waals surface area (Å²) in [5, 5.41) is 0. The number of rotatable bonds is 3. The van der Waals surface area contributed by atoms with E-state index >= 15 is 0 Å². The second-order valence-corrected chi connectivity index (χ2v) is 9.70. The van der Waals surface area contributed by atoms with Gasteiger partial charge in [-0.15, -0.1) is 0 Å². The highest BCUT2D eigenvalue weighted by atomic mass is 32.2. The second-order valence-electron chi connectivity index (χ2n) is 7.71. The number of hydrogen-bond donors (Lipinski definition) is 0.